The van der Waals surface area contributed by atoms with E-state index in [0.717, 1.165) is 0 Å². The van der Waals surface area contributed by atoms with Crippen LogP contribution in [-0.4, -0.2) is 24.1 Å². The minimum atomic E-state index is -4.27. The van der Waals surface area contributed by atoms with Gasteiger partial charge in [-0.3, -0.25) is 0 Å². The normalized spacial score (nSPS) is 12.2. The molecular weight excluding hydrogens is 152 g/mol. The van der Waals surface area contributed by atoms with E-state index in [1.54, 1.807) is 0 Å². The zero-order valence-corrected chi connectivity index (χ0v) is 4.95. The summed E-state index contributed by atoms with van der Waals surface area (Å²) in [5.41, 5.74) is -1.16. The average Bonchev–Trinajstić information content (AvgIpc) is 1.86. The smallest absolute Gasteiger partial charge is 0.330 e. The van der Waals surface area contributed by atoms with Gasteiger partial charge in [0.15, 0.2) is 0 Å². The number of aliphatic hydroxyl groups is 1. The first kappa shape index (κ1) is 9.42. The SMILES string of the molecule is C=C(CO)C(F)(F)C(F)F. The van der Waals surface area contributed by atoms with Gasteiger partial charge in [-0.25, -0.2) is 8.78 Å². The maximum absolute atomic E-state index is 11.9. The number of halogens is 4. The minimum absolute atomic E-state index is 1.13. The van der Waals surface area contributed by atoms with E-state index >= 15 is 0 Å². The lowest BCUT2D eigenvalue weighted by Crippen LogP contribution is -2.30. The molecule has 1 nitrogen and oxygen atoms in total. The highest BCUT2D eigenvalue weighted by Gasteiger charge is 2.43. The fraction of sp³-hybridized carbons (Fsp3) is 0.600. The van der Waals surface area contributed by atoms with Crippen LogP contribution in [0, 0.1) is 0 Å². The number of hydrogen-bond acceptors (Lipinski definition) is 1. The molecule has 0 aromatic carbocycles. The third-order valence-electron chi connectivity index (χ3n) is 0.936. The van der Waals surface area contributed by atoms with Crippen LogP contribution in [0.2, 0.25) is 0 Å². The first-order valence-corrected chi connectivity index (χ1v) is 2.38. The molecule has 10 heavy (non-hydrogen) atoms. The van der Waals surface area contributed by atoms with Crippen LogP contribution >= 0.6 is 0 Å². The van der Waals surface area contributed by atoms with E-state index in [-0.39, 0.29) is 0 Å². The summed E-state index contributed by atoms with van der Waals surface area (Å²) in [7, 11) is 0. The van der Waals surface area contributed by atoms with E-state index in [1.165, 1.54) is 0 Å². The highest BCUT2D eigenvalue weighted by Crippen LogP contribution is 2.29. The van der Waals surface area contributed by atoms with Crippen molar-refractivity contribution in [3.63, 3.8) is 0 Å². The van der Waals surface area contributed by atoms with E-state index < -0.39 is 24.5 Å². The second-order valence-electron chi connectivity index (χ2n) is 1.69. The Bertz CT molecular complexity index is 132. The summed E-state index contributed by atoms with van der Waals surface area (Å²) in [6.45, 7) is 1.46. The Labute approximate surface area is 55.0 Å². The zero-order valence-electron chi connectivity index (χ0n) is 4.95. The molecule has 0 aliphatic rings. The van der Waals surface area contributed by atoms with E-state index in [4.69, 9.17) is 5.11 Å². The maximum Gasteiger partial charge on any atom is 0.330 e. The molecule has 0 saturated carbocycles. The first-order chi connectivity index (χ1) is 4.42. The van der Waals surface area contributed by atoms with Crippen molar-refractivity contribution in [3.8, 4) is 0 Å². The van der Waals surface area contributed by atoms with E-state index in [1.807, 2.05) is 0 Å². The summed E-state index contributed by atoms with van der Waals surface area (Å²) < 4.78 is 46.5. The number of aliphatic hydroxyl groups excluding tert-OH is 1. The fourth-order valence-electron chi connectivity index (χ4n) is 0.260. The molecule has 0 unspecified atom stereocenters. The van der Waals surface area contributed by atoms with Crippen LogP contribution in [-0.2, 0) is 0 Å². The Kier molecular flexibility index (Phi) is 2.83. The van der Waals surface area contributed by atoms with Gasteiger partial charge in [0, 0.05) is 5.57 Å². The van der Waals surface area contributed by atoms with Gasteiger partial charge in [-0.1, -0.05) is 6.58 Å². The summed E-state index contributed by atoms with van der Waals surface area (Å²) in [6.07, 6.45) is -3.80. The van der Waals surface area contributed by atoms with Gasteiger partial charge in [-0.15, -0.1) is 0 Å². The lowest BCUT2D eigenvalue weighted by atomic mass is 10.2. The van der Waals surface area contributed by atoms with Crippen molar-refractivity contribution >= 4 is 0 Å². The standard InChI is InChI=1S/C5H6F4O/c1-3(2-10)5(8,9)4(6)7/h4,10H,1-2H2. The summed E-state index contributed by atoms with van der Waals surface area (Å²) in [6, 6.07) is 0. The van der Waals surface area contributed by atoms with Gasteiger partial charge in [0.2, 0.25) is 0 Å². The van der Waals surface area contributed by atoms with Gasteiger partial charge in [0.25, 0.3) is 0 Å². The van der Waals surface area contributed by atoms with Crippen LogP contribution in [0.5, 0.6) is 0 Å². The highest BCUT2D eigenvalue weighted by atomic mass is 19.3. The maximum atomic E-state index is 11.9. The van der Waals surface area contributed by atoms with Crippen LogP contribution in [0.1, 0.15) is 0 Å². The van der Waals surface area contributed by atoms with Gasteiger partial charge in [0.1, 0.15) is 0 Å². The molecule has 0 rings (SSSR count). The summed E-state index contributed by atoms with van der Waals surface area (Å²) in [5, 5.41) is 8.01. The van der Waals surface area contributed by atoms with Gasteiger partial charge in [-0.2, -0.15) is 8.78 Å². The third-order valence-corrected chi connectivity index (χ3v) is 0.936. The quantitative estimate of drug-likeness (QED) is 0.486. The molecule has 0 heterocycles. The molecule has 0 aromatic rings. The molecule has 5 heteroatoms. The van der Waals surface area contributed by atoms with E-state index in [2.05, 4.69) is 6.58 Å². The lowest BCUT2D eigenvalue weighted by molar-refractivity contribution is -0.103. The molecule has 0 fully saturated rings. The molecule has 1 N–H and O–H groups in total. The highest BCUT2D eigenvalue weighted by molar-refractivity contribution is 5.08. The molecule has 0 radical (unpaired) electrons. The molecular formula is C5H6F4O. The molecule has 0 amide bonds. The molecule has 60 valence electrons. The molecule has 0 spiro atoms. The Morgan fingerprint density at radius 1 is 1.50 bits per heavy atom. The third kappa shape index (κ3) is 1.70. The Morgan fingerprint density at radius 3 is 2.00 bits per heavy atom. The van der Waals surface area contributed by atoms with Crippen molar-refractivity contribution in [2.75, 3.05) is 6.61 Å². The molecule has 0 aliphatic heterocycles. The predicted octanol–water partition coefficient (Wildman–Crippen LogP) is 1.44. The second kappa shape index (κ2) is 3.01. The lowest BCUT2D eigenvalue weighted by Gasteiger charge is -2.15. The van der Waals surface area contributed by atoms with Gasteiger partial charge < -0.3 is 5.11 Å². The van der Waals surface area contributed by atoms with Crippen LogP contribution in [0.25, 0.3) is 0 Å². The van der Waals surface area contributed by atoms with Crippen LogP contribution in [0.15, 0.2) is 12.2 Å². The number of alkyl halides is 4. The average molecular weight is 158 g/mol. The largest absolute Gasteiger partial charge is 0.392 e. The van der Waals surface area contributed by atoms with Gasteiger partial charge in [-0.05, 0) is 0 Å². The Balaban J connectivity index is 4.24. The fourth-order valence-corrected chi connectivity index (χ4v) is 0.260. The molecule has 0 aliphatic carbocycles. The van der Waals surface area contributed by atoms with Crippen molar-refractivity contribution in [3.05, 3.63) is 12.2 Å². The monoisotopic (exact) mass is 158 g/mol. The van der Waals surface area contributed by atoms with Crippen molar-refractivity contribution in [2.45, 2.75) is 12.3 Å². The summed E-state index contributed by atoms with van der Waals surface area (Å²) in [4.78, 5) is 0. The number of rotatable bonds is 3. The predicted molar refractivity (Wildman–Crippen MR) is 27.2 cm³/mol. The van der Waals surface area contributed by atoms with Gasteiger partial charge in [0.05, 0.1) is 6.61 Å². The topological polar surface area (TPSA) is 20.2 Å². The summed E-state index contributed by atoms with van der Waals surface area (Å²) >= 11 is 0. The van der Waals surface area contributed by atoms with Crippen LogP contribution in [0.4, 0.5) is 17.6 Å². The molecule has 0 bridgehead atoms. The Morgan fingerprint density at radius 2 is 1.90 bits per heavy atom. The first-order valence-electron chi connectivity index (χ1n) is 2.38. The van der Waals surface area contributed by atoms with E-state index in [9.17, 15) is 17.6 Å². The van der Waals surface area contributed by atoms with Gasteiger partial charge >= 0.3 is 12.3 Å². The number of hydrogen-bond donors (Lipinski definition) is 1. The van der Waals surface area contributed by atoms with E-state index in [0.29, 0.717) is 0 Å². The molecule has 0 atom stereocenters. The summed E-state index contributed by atoms with van der Waals surface area (Å²) in [5.74, 6) is -4.27. The van der Waals surface area contributed by atoms with Crippen molar-refractivity contribution in [1.82, 2.24) is 0 Å². The second-order valence-corrected chi connectivity index (χ2v) is 1.69. The van der Waals surface area contributed by atoms with Crippen LogP contribution in [0.3, 0.4) is 0 Å². The van der Waals surface area contributed by atoms with Crippen molar-refractivity contribution < 1.29 is 22.7 Å². The minimum Gasteiger partial charge on any atom is -0.392 e. The van der Waals surface area contributed by atoms with Crippen molar-refractivity contribution in [1.29, 1.82) is 0 Å². The zero-order chi connectivity index (χ0) is 8.36. The Hall–Kier alpha value is -0.580. The van der Waals surface area contributed by atoms with Crippen LogP contribution < -0.4 is 0 Å². The molecule has 0 aromatic heterocycles. The molecule has 0 saturated heterocycles. The van der Waals surface area contributed by atoms with Crippen molar-refractivity contribution in [2.24, 2.45) is 0 Å².